The third-order valence-corrected chi connectivity index (χ3v) is 4.27. The van der Waals surface area contributed by atoms with Gasteiger partial charge in [-0.25, -0.2) is 0 Å². The van der Waals surface area contributed by atoms with Crippen molar-refractivity contribution in [1.29, 1.82) is 0 Å². The first-order valence-corrected chi connectivity index (χ1v) is 7.81. The van der Waals surface area contributed by atoms with Gasteiger partial charge in [0.2, 0.25) is 5.91 Å². The molecule has 0 atom stereocenters. The van der Waals surface area contributed by atoms with E-state index in [0.717, 1.165) is 9.87 Å². The monoisotopic (exact) mass is 319 g/mol. The Labute approximate surface area is 124 Å². The second-order valence-corrected chi connectivity index (χ2v) is 6.74. The highest BCUT2D eigenvalue weighted by Gasteiger charge is 2.13. The standard InChI is InChI=1S/C12H18ClN3O3S/c1-16(2)20(18,19)15-9-12(17)14-8-7-10-3-5-11(13)6-4-10/h3-6,15H,7-9H2,1-2H3,(H,14,17). The number of halogens is 1. The number of carbonyl (C=O) groups is 1. The van der Waals surface area contributed by atoms with Crippen LogP contribution in [0.2, 0.25) is 5.02 Å². The molecule has 1 rings (SSSR count). The minimum Gasteiger partial charge on any atom is -0.355 e. The van der Waals surface area contributed by atoms with Crippen molar-refractivity contribution in [3.05, 3.63) is 34.9 Å². The maximum Gasteiger partial charge on any atom is 0.279 e. The number of benzene rings is 1. The summed E-state index contributed by atoms with van der Waals surface area (Å²) in [7, 11) is -0.788. The zero-order valence-corrected chi connectivity index (χ0v) is 13.0. The molecule has 0 aliphatic rings. The van der Waals surface area contributed by atoms with E-state index in [1.807, 2.05) is 12.1 Å². The van der Waals surface area contributed by atoms with Crippen molar-refractivity contribution in [1.82, 2.24) is 14.3 Å². The van der Waals surface area contributed by atoms with Crippen LogP contribution in [0, 0.1) is 0 Å². The Morgan fingerprint density at radius 2 is 1.85 bits per heavy atom. The number of rotatable bonds is 7. The van der Waals surface area contributed by atoms with E-state index in [-0.39, 0.29) is 12.5 Å². The average Bonchev–Trinajstić information content (AvgIpc) is 2.39. The van der Waals surface area contributed by atoms with E-state index >= 15 is 0 Å². The predicted octanol–water partition coefficient (Wildman–Crippen LogP) is 0.395. The molecular formula is C12H18ClN3O3S. The molecule has 0 aromatic heterocycles. The molecule has 0 bridgehead atoms. The van der Waals surface area contributed by atoms with Crippen LogP contribution in [0.1, 0.15) is 5.56 Å². The molecule has 2 N–H and O–H groups in total. The van der Waals surface area contributed by atoms with Gasteiger partial charge in [-0.1, -0.05) is 23.7 Å². The first-order valence-electron chi connectivity index (χ1n) is 5.99. The smallest absolute Gasteiger partial charge is 0.279 e. The van der Waals surface area contributed by atoms with Crippen LogP contribution in [0.25, 0.3) is 0 Å². The molecule has 0 unspecified atom stereocenters. The van der Waals surface area contributed by atoms with Crippen LogP contribution in [0.5, 0.6) is 0 Å². The van der Waals surface area contributed by atoms with Gasteiger partial charge in [-0.3, -0.25) is 4.79 Å². The van der Waals surface area contributed by atoms with Gasteiger partial charge in [-0.2, -0.15) is 17.4 Å². The predicted molar refractivity (Wildman–Crippen MR) is 78.8 cm³/mol. The van der Waals surface area contributed by atoms with Crippen molar-refractivity contribution in [2.75, 3.05) is 27.2 Å². The molecule has 0 aliphatic heterocycles. The molecule has 112 valence electrons. The molecule has 0 heterocycles. The number of carbonyl (C=O) groups excluding carboxylic acids is 1. The first kappa shape index (κ1) is 16.9. The van der Waals surface area contributed by atoms with E-state index in [0.29, 0.717) is 18.0 Å². The quantitative estimate of drug-likeness (QED) is 0.763. The van der Waals surface area contributed by atoms with Crippen molar-refractivity contribution in [3.8, 4) is 0 Å². The van der Waals surface area contributed by atoms with Crippen LogP contribution in [-0.2, 0) is 21.4 Å². The summed E-state index contributed by atoms with van der Waals surface area (Å²) in [4.78, 5) is 11.5. The van der Waals surface area contributed by atoms with Gasteiger partial charge in [0.05, 0.1) is 6.54 Å². The lowest BCUT2D eigenvalue weighted by molar-refractivity contribution is -0.119. The van der Waals surface area contributed by atoms with Gasteiger partial charge in [-0.15, -0.1) is 0 Å². The second-order valence-electron chi connectivity index (χ2n) is 4.33. The van der Waals surface area contributed by atoms with Crippen molar-refractivity contribution >= 4 is 27.7 Å². The number of hydrogen-bond donors (Lipinski definition) is 2. The normalized spacial score (nSPS) is 11.6. The molecule has 0 radical (unpaired) electrons. The number of nitrogens with one attached hydrogen (secondary N) is 2. The Morgan fingerprint density at radius 3 is 2.40 bits per heavy atom. The van der Waals surface area contributed by atoms with Gasteiger partial charge in [0, 0.05) is 25.7 Å². The lowest BCUT2D eigenvalue weighted by Gasteiger charge is -2.12. The fraction of sp³-hybridized carbons (Fsp3) is 0.417. The molecular weight excluding hydrogens is 302 g/mol. The van der Waals surface area contributed by atoms with Crippen molar-refractivity contribution < 1.29 is 13.2 Å². The zero-order chi connectivity index (χ0) is 15.2. The molecule has 0 aliphatic carbocycles. The Balaban J connectivity index is 2.29. The van der Waals surface area contributed by atoms with Gasteiger partial charge < -0.3 is 5.32 Å². The first-order chi connectivity index (χ1) is 9.31. The highest BCUT2D eigenvalue weighted by Crippen LogP contribution is 2.09. The van der Waals surface area contributed by atoms with Crippen LogP contribution in [0.4, 0.5) is 0 Å². The molecule has 0 fully saturated rings. The third-order valence-electron chi connectivity index (χ3n) is 2.54. The van der Waals surface area contributed by atoms with Crippen molar-refractivity contribution in [2.45, 2.75) is 6.42 Å². The fourth-order valence-corrected chi connectivity index (χ4v) is 2.04. The largest absolute Gasteiger partial charge is 0.355 e. The van der Waals surface area contributed by atoms with E-state index < -0.39 is 10.2 Å². The number of nitrogens with zero attached hydrogens (tertiary/aromatic N) is 1. The van der Waals surface area contributed by atoms with Gasteiger partial charge in [-0.05, 0) is 24.1 Å². The van der Waals surface area contributed by atoms with Crippen LogP contribution in [0.15, 0.2) is 24.3 Å². The summed E-state index contributed by atoms with van der Waals surface area (Å²) in [5.41, 5.74) is 1.04. The lowest BCUT2D eigenvalue weighted by Crippen LogP contribution is -2.42. The summed E-state index contributed by atoms with van der Waals surface area (Å²) in [6.45, 7) is 0.158. The van der Waals surface area contributed by atoms with Crippen LogP contribution >= 0.6 is 11.6 Å². The second kappa shape index (κ2) is 7.58. The summed E-state index contributed by atoms with van der Waals surface area (Å²) in [5.74, 6) is -0.371. The Hall–Kier alpha value is -1.15. The highest BCUT2D eigenvalue weighted by molar-refractivity contribution is 7.87. The van der Waals surface area contributed by atoms with Crippen LogP contribution < -0.4 is 10.0 Å². The summed E-state index contributed by atoms with van der Waals surface area (Å²) in [5, 5.41) is 3.30. The minimum absolute atomic E-state index is 0.277. The molecule has 1 amide bonds. The van der Waals surface area contributed by atoms with Gasteiger partial charge in [0.25, 0.3) is 10.2 Å². The summed E-state index contributed by atoms with van der Waals surface area (Å²) in [6.07, 6.45) is 0.656. The molecule has 6 nitrogen and oxygen atoms in total. The SMILES string of the molecule is CN(C)S(=O)(=O)NCC(=O)NCCc1ccc(Cl)cc1. The molecule has 0 saturated heterocycles. The summed E-state index contributed by atoms with van der Waals surface area (Å²) < 4.78 is 26.0. The number of hydrogen-bond acceptors (Lipinski definition) is 3. The van der Waals surface area contributed by atoms with E-state index in [2.05, 4.69) is 10.0 Å². The fourth-order valence-electron chi connectivity index (χ4n) is 1.35. The summed E-state index contributed by atoms with van der Waals surface area (Å²) >= 11 is 5.77. The van der Waals surface area contributed by atoms with Crippen molar-refractivity contribution in [2.24, 2.45) is 0 Å². The van der Waals surface area contributed by atoms with Gasteiger partial charge in [0.1, 0.15) is 0 Å². The topological polar surface area (TPSA) is 78.5 Å². The maximum absolute atomic E-state index is 11.5. The highest BCUT2D eigenvalue weighted by atomic mass is 35.5. The Morgan fingerprint density at radius 1 is 1.25 bits per heavy atom. The van der Waals surface area contributed by atoms with Crippen LogP contribution in [-0.4, -0.2) is 45.8 Å². The minimum atomic E-state index is -3.57. The molecule has 8 heteroatoms. The number of amides is 1. The molecule has 1 aromatic carbocycles. The molecule has 20 heavy (non-hydrogen) atoms. The Bertz CT molecular complexity index is 544. The molecule has 0 spiro atoms. The molecule has 0 saturated carbocycles. The van der Waals surface area contributed by atoms with E-state index in [1.54, 1.807) is 12.1 Å². The third kappa shape index (κ3) is 5.87. The molecule has 1 aromatic rings. The van der Waals surface area contributed by atoms with Crippen molar-refractivity contribution in [3.63, 3.8) is 0 Å². The van der Waals surface area contributed by atoms with E-state index in [9.17, 15) is 13.2 Å². The van der Waals surface area contributed by atoms with E-state index in [4.69, 9.17) is 11.6 Å². The van der Waals surface area contributed by atoms with E-state index in [1.165, 1.54) is 14.1 Å². The Kier molecular flexibility index (Phi) is 6.41. The van der Waals surface area contributed by atoms with Gasteiger partial charge in [0.15, 0.2) is 0 Å². The zero-order valence-electron chi connectivity index (χ0n) is 11.4. The van der Waals surface area contributed by atoms with Crippen LogP contribution in [0.3, 0.4) is 0 Å². The lowest BCUT2D eigenvalue weighted by atomic mass is 10.1. The van der Waals surface area contributed by atoms with Gasteiger partial charge >= 0.3 is 0 Å². The maximum atomic E-state index is 11.5. The average molecular weight is 320 g/mol. The summed E-state index contributed by atoms with van der Waals surface area (Å²) in [6, 6.07) is 7.32.